The summed E-state index contributed by atoms with van der Waals surface area (Å²) in [6.07, 6.45) is -1.99. The first-order valence-corrected chi connectivity index (χ1v) is 10.4. The zero-order valence-electron chi connectivity index (χ0n) is 17.7. The zero-order valence-corrected chi connectivity index (χ0v) is 17.7. The Kier molecular flexibility index (Phi) is 14.4. The summed E-state index contributed by atoms with van der Waals surface area (Å²) in [5.41, 5.74) is 0. The average molecular weight is 451 g/mol. The number of carbonyl (C=O) groups is 1. The highest BCUT2D eigenvalue weighted by molar-refractivity contribution is 5.48. The predicted octanol–water partition coefficient (Wildman–Crippen LogP) is 1.12. The third-order valence-corrected chi connectivity index (χ3v) is 5.35. The Morgan fingerprint density at radius 1 is 0.710 bits per heavy atom. The highest BCUT2D eigenvalue weighted by atomic mass is 16.6. The van der Waals surface area contributed by atoms with E-state index in [1.807, 2.05) is 0 Å². The molecule has 0 radical (unpaired) electrons. The van der Waals surface area contributed by atoms with E-state index < -0.39 is 64.0 Å². The Balaban J connectivity index is 4.87. The molecular weight excluding hydrogens is 418 g/mol. The van der Waals surface area contributed by atoms with Crippen LogP contribution in [0.4, 0.5) is 0 Å². The number of carbonyl (C=O) groups excluding carboxylic acids is 1. The molecule has 6 atom stereocenters. The lowest BCUT2D eigenvalue weighted by molar-refractivity contribution is -0.556. The van der Waals surface area contributed by atoms with Crippen molar-refractivity contribution in [2.75, 3.05) is 0 Å². The molecule has 180 valence electrons. The molecule has 13 heteroatoms. The van der Waals surface area contributed by atoms with Gasteiger partial charge in [0.2, 0.25) is 18.1 Å². The normalized spacial score (nSPS) is 17.2. The molecule has 0 aliphatic carbocycles. The summed E-state index contributed by atoms with van der Waals surface area (Å²) in [5.74, 6) is 0. The number of hydrogen-bond acceptors (Lipinski definition) is 10. The van der Waals surface area contributed by atoms with Crippen molar-refractivity contribution in [1.82, 2.24) is 0 Å². The Morgan fingerprint density at radius 3 is 1.65 bits per heavy atom. The Morgan fingerprint density at radius 2 is 1.16 bits per heavy atom. The maximum absolute atomic E-state index is 11.3. The van der Waals surface area contributed by atoms with Gasteiger partial charge in [-0.25, -0.2) is 0 Å². The molecule has 0 aliphatic heterocycles. The standard InChI is InChI=1S/C18H33N3O10/c1-2-13(19(26)27)17(24)12-18(25)15(21(30)31)11-16(23)14(20(28)29)9-7-5-3-4-6-8-10-22/h10,13-18,23-25H,2-9,11-12H2,1H3. The van der Waals surface area contributed by atoms with E-state index in [1.54, 1.807) is 0 Å². The molecule has 13 nitrogen and oxygen atoms in total. The number of nitrogens with zero attached hydrogens (tertiary/aromatic N) is 3. The molecule has 0 saturated heterocycles. The van der Waals surface area contributed by atoms with Crippen LogP contribution >= 0.6 is 0 Å². The van der Waals surface area contributed by atoms with Gasteiger partial charge in [-0.2, -0.15) is 0 Å². The van der Waals surface area contributed by atoms with E-state index in [0.29, 0.717) is 19.3 Å². The lowest BCUT2D eigenvalue weighted by Crippen LogP contribution is -2.45. The second kappa shape index (κ2) is 15.5. The molecule has 0 aromatic heterocycles. The molecular formula is C18H33N3O10. The van der Waals surface area contributed by atoms with E-state index in [-0.39, 0.29) is 12.8 Å². The van der Waals surface area contributed by atoms with Crippen LogP contribution in [0.2, 0.25) is 0 Å². The molecule has 0 rings (SSSR count). The number of unbranched alkanes of at least 4 members (excludes halogenated alkanes) is 5. The van der Waals surface area contributed by atoms with Crippen molar-refractivity contribution in [3.8, 4) is 0 Å². The Bertz CT molecular complexity index is 577. The third-order valence-electron chi connectivity index (χ3n) is 5.35. The minimum atomic E-state index is -1.82. The Labute approximate surface area is 179 Å². The molecule has 0 amide bonds. The van der Waals surface area contributed by atoms with Gasteiger partial charge in [-0.05, 0) is 12.8 Å². The summed E-state index contributed by atoms with van der Waals surface area (Å²) < 4.78 is 0. The molecule has 6 unspecified atom stereocenters. The molecule has 0 aromatic rings. The van der Waals surface area contributed by atoms with Gasteiger partial charge in [0.05, 0.1) is 6.42 Å². The maximum atomic E-state index is 11.3. The highest BCUT2D eigenvalue weighted by Gasteiger charge is 2.41. The summed E-state index contributed by atoms with van der Waals surface area (Å²) in [5, 5.41) is 63.8. The van der Waals surface area contributed by atoms with Gasteiger partial charge >= 0.3 is 0 Å². The number of hydrogen-bond donors (Lipinski definition) is 3. The van der Waals surface area contributed by atoms with Gasteiger partial charge in [0.25, 0.3) is 0 Å². The fourth-order valence-corrected chi connectivity index (χ4v) is 3.46. The Hall–Kier alpha value is -2.25. The first-order chi connectivity index (χ1) is 14.6. The summed E-state index contributed by atoms with van der Waals surface area (Å²) in [6, 6.07) is -4.69. The van der Waals surface area contributed by atoms with E-state index in [9.17, 15) is 50.5 Å². The van der Waals surface area contributed by atoms with Crippen LogP contribution in [0.1, 0.15) is 71.1 Å². The van der Waals surface area contributed by atoms with Crippen molar-refractivity contribution < 1.29 is 34.9 Å². The van der Waals surface area contributed by atoms with Crippen LogP contribution in [0.15, 0.2) is 0 Å². The topological polar surface area (TPSA) is 207 Å². The van der Waals surface area contributed by atoms with Crippen LogP contribution in [0.3, 0.4) is 0 Å². The summed E-state index contributed by atoms with van der Waals surface area (Å²) in [7, 11) is 0. The van der Waals surface area contributed by atoms with Crippen LogP contribution < -0.4 is 0 Å². The summed E-state index contributed by atoms with van der Waals surface area (Å²) >= 11 is 0. The minimum Gasteiger partial charge on any atom is -0.386 e. The lowest BCUT2D eigenvalue weighted by Gasteiger charge is -2.23. The van der Waals surface area contributed by atoms with Crippen LogP contribution in [-0.4, -0.2) is 72.8 Å². The van der Waals surface area contributed by atoms with Gasteiger partial charge in [0, 0.05) is 40.5 Å². The predicted molar refractivity (Wildman–Crippen MR) is 108 cm³/mol. The van der Waals surface area contributed by atoms with E-state index in [4.69, 9.17) is 0 Å². The van der Waals surface area contributed by atoms with Crippen LogP contribution in [0.25, 0.3) is 0 Å². The van der Waals surface area contributed by atoms with Crippen molar-refractivity contribution in [3.05, 3.63) is 30.3 Å². The summed E-state index contributed by atoms with van der Waals surface area (Å²) in [4.78, 5) is 41.4. The largest absolute Gasteiger partial charge is 0.386 e. The maximum Gasteiger partial charge on any atom is 0.241 e. The number of aliphatic hydroxyl groups excluding tert-OH is 3. The van der Waals surface area contributed by atoms with Gasteiger partial charge in [0.1, 0.15) is 24.6 Å². The monoisotopic (exact) mass is 451 g/mol. The van der Waals surface area contributed by atoms with Gasteiger partial charge in [0.15, 0.2) is 0 Å². The number of aliphatic hydroxyl groups is 3. The summed E-state index contributed by atoms with van der Waals surface area (Å²) in [6.45, 7) is 1.45. The molecule has 0 aliphatic rings. The van der Waals surface area contributed by atoms with Crippen molar-refractivity contribution in [3.63, 3.8) is 0 Å². The van der Waals surface area contributed by atoms with Crippen molar-refractivity contribution >= 4 is 6.29 Å². The van der Waals surface area contributed by atoms with Gasteiger partial charge < -0.3 is 20.1 Å². The van der Waals surface area contributed by atoms with E-state index >= 15 is 0 Å². The second-order valence-corrected chi connectivity index (χ2v) is 7.65. The quantitative estimate of drug-likeness (QED) is 0.110. The van der Waals surface area contributed by atoms with E-state index in [2.05, 4.69) is 0 Å². The minimum absolute atomic E-state index is 0.00969. The number of aldehydes is 1. The fourth-order valence-electron chi connectivity index (χ4n) is 3.46. The fraction of sp³-hybridized carbons (Fsp3) is 0.944. The smallest absolute Gasteiger partial charge is 0.241 e. The van der Waals surface area contributed by atoms with E-state index in [0.717, 1.165) is 25.5 Å². The zero-order chi connectivity index (χ0) is 24.0. The molecule has 0 fully saturated rings. The first kappa shape index (κ1) is 28.8. The third kappa shape index (κ3) is 11.1. The van der Waals surface area contributed by atoms with Crippen molar-refractivity contribution in [1.29, 1.82) is 0 Å². The van der Waals surface area contributed by atoms with Crippen molar-refractivity contribution in [2.45, 2.75) is 108 Å². The molecule has 0 aromatic carbocycles. The van der Waals surface area contributed by atoms with Crippen LogP contribution in [0, 0.1) is 30.3 Å². The van der Waals surface area contributed by atoms with E-state index in [1.165, 1.54) is 6.92 Å². The number of rotatable bonds is 19. The lowest BCUT2D eigenvalue weighted by atomic mass is 9.92. The second-order valence-electron chi connectivity index (χ2n) is 7.65. The molecule has 3 N–H and O–H groups in total. The highest BCUT2D eigenvalue weighted by Crippen LogP contribution is 2.20. The number of nitro groups is 3. The molecule has 0 bridgehead atoms. The first-order valence-electron chi connectivity index (χ1n) is 10.4. The van der Waals surface area contributed by atoms with Crippen molar-refractivity contribution in [2.24, 2.45) is 0 Å². The average Bonchev–Trinajstić information content (AvgIpc) is 2.67. The molecule has 31 heavy (non-hydrogen) atoms. The van der Waals surface area contributed by atoms with Crippen LogP contribution in [0.5, 0.6) is 0 Å². The van der Waals surface area contributed by atoms with Gasteiger partial charge in [-0.1, -0.05) is 26.2 Å². The van der Waals surface area contributed by atoms with Gasteiger partial charge in [-0.15, -0.1) is 0 Å². The van der Waals surface area contributed by atoms with Crippen LogP contribution in [-0.2, 0) is 4.79 Å². The molecule has 0 spiro atoms. The molecule has 0 heterocycles. The van der Waals surface area contributed by atoms with Gasteiger partial charge in [-0.3, -0.25) is 30.3 Å². The SMILES string of the molecule is CCC(C(O)CC(O)C(CC(O)C(CCCCCCCC=O)[N+](=O)[O-])[N+](=O)[O-])[N+](=O)[O-]. The molecule has 0 saturated carbocycles.